The Labute approximate surface area is 119 Å². The highest BCUT2D eigenvalue weighted by Gasteiger charge is 2.15. The molecule has 6 heteroatoms. The molecule has 1 saturated carbocycles. The molecule has 0 saturated heterocycles. The molecule has 0 aromatic heterocycles. The van der Waals surface area contributed by atoms with Crippen LogP contribution >= 0.6 is 0 Å². The van der Waals surface area contributed by atoms with Crippen LogP contribution in [0, 0.1) is 5.92 Å². The molecule has 0 heterocycles. The van der Waals surface area contributed by atoms with Crippen molar-refractivity contribution in [3.8, 4) is 0 Å². The Morgan fingerprint density at radius 2 is 1.80 bits per heavy atom. The minimum Gasteiger partial charge on any atom is -0.352 e. The molecule has 0 radical (unpaired) electrons. The van der Waals surface area contributed by atoms with E-state index in [1.54, 1.807) is 0 Å². The number of primary sulfonamides is 1. The minimum absolute atomic E-state index is 0.0139. The first kappa shape index (κ1) is 15.0. The fourth-order valence-corrected chi connectivity index (χ4v) is 3.10. The highest BCUT2D eigenvalue weighted by Crippen LogP contribution is 2.26. The Morgan fingerprint density at radius 3 is 2.35 bits per heavy atom. The van der Waals surface area contributed by atoms with Crippen molar-refractivity contribution in [1.82, 2.24) is 5.32 Å². The van der Waals surface area contributed by atoms with Gasteiger partial charge in [0.15, 0.2) is 0 Å². The van der Waals surface area contributed by atoms with Crippen molar-refractivity contribution < 1.29 is 13.2 Å². The molecular weight excluding hydrogens is 276 g/mol. The van der Waals surface area contributed by atoms with E-state index in [9.17, 15) is 13.2 Å². The van der Waals surface area contributed by atoms with Gasteiger partial charge in [-0.3, -0.25) is 4.79 Å². The molecule has 0 bridgehead atoms. The van der Waals surface area contributed by atoms with Crippen LogP contribution in [0.25, 0.3) is 0 Å². The lowest BCUT2D eigenvalue weighted by Gasteiger charge is -2.10. The van der Waals surface area contributed by atoms with Gasteiger partial charge in [0, 0.05) is 12.1 Å². The van der Waals surface area contributed by atoms with Crippen molar-refractivity contribution in [3.63, 3.8) is 0 Å². The van der Waals surface area contributed by atoms with Gasteiger partial charge in [-0.15, -0.1) is 0 Å². The zero-order valence-electron chi connectivity index (χ0n) is 11.3. The van der Waals surface area contributed by atoms with Gasteiger partial charge in [0.05, 0.1) is 4.90 Å². The third-order valence-corrected chi connectivity index (χ3v) is 4.69. The molecule has 0 atom stereocenters. The highest BCUT2D eigenvalue weighted by molar-refractivity contribution is 7.89. The number of hydrogen-bond acceptors (Lipinski definition) is 3. The summed E-state index contributed by atoms with van der Waals surface area (Å²) in [6.45, 7) is 0.667. The van der Waals surface area contributed by atoms with Crippen LogP contribution in [-0.4, -0.2) is 20.9 Å². The summed E-state index contributed by atoms with van der Waals surface area (Å²) in [6, 6.07) is 5.65. The third-order valence-electron chi connectivity index (χ3n) is 3.76. The maximum Gasteiger partial charge on any atom is 0.251 e. The lowest BCUT2D eigenvalue weighted by molar-refractivity contribution is 0.0951. The van der Waals surface area contributed by atoms with Crippen LogP contribution in [0.3, 0.4) is 0 Å². The van der Waals surface area contributed by atoms with Crippen LogP contribution in [0.2, 0.25) is 0 Å². The molecule has 1 aromatic carbocycles. The SMILES string of the molecule is NS(=O)(=O)c1ccc(C(=O)NCCC2CCCC2)cc1. The van der Waals surface area contributed by atoms with E-state index in [1.807, 2.05) is 0 Å². The Balaban J connectivity index is 1.85. The Morgan fingerprint density at radius 1 is 1.20 bits per heavy atom. The second-order valence-electron chi connectivity index (χ2n) is 5.26. The van der Waals surface area contributed by atoms with E-state index in [2.05, 4.69) is 5.32 Å². The molecular formula is C14H20N2O3S. The van der Waals surface area contributed by atoms with Crippen LogP contribution in [0.4, 0.5) is 0 Å². The average molecular weight is 296 g/mol. The molecule has 1 aliphatic rings. The molecule has 0 aliphatic heterocycles. The van der Waals surface area contributed by atoms with E-state index < -0.39 is 10.0 Å². The van der Waals surface area contributed by atoms with Gasteiger partial charge in [0.2, 0.25) is 10.0 Å². The second-order valence-corrected chi connectivity index (χ2v) is 6.83. The topological polar surface area (TPSA) is 89.3 Å². The van der Waals surface area contributed by atoms with Crippen molar-refractivity contribution in [2.75, 3.05) is 6.54 Å². The van der Waals surface area contributed by atoms with E-state index in [0.717, 1.165) is 12.3 Å². The molecule has 1 aromatic rings. The summed E-state index contributed by atoms with van der Waals surface area (Å²) >= 11 is 0. The Kier molecular flexibility index (Phi) is 4.77. The van der Waals surface area contributed by atoms with Crippen molar-refractivity contribution in [3.05, 3.63) is 29.8 Å². The molecule has 1 amide bonds. The molecule has 0 spiro atoms. The number of nitrogens with one attached hydrogen (secondary N) is 1. The molecule has 3 N–H and O–H groups in total. The number of rotatable bonds is 5. The molecule has 1 aliphatic carbocycles. The maximum absolute atomic E-state index is 11.9. The number of carbonyl (C=O) groups excluding carboxylic acids is 1. The second kappa shape index (κ2) is 6.37. The maximum atomic E-state index is 11.9. The van der Waals surface area contributed by atoms with Crippen molar-refractivity contribution in [2.45, 2.75) is 37.0 Å². The monoisotopic (exact) mass is 296 g/mol. The molecule has 2 rings (SSSR count). The number of sulfonamides is 1. The number of carbonyl (C=O) groups is 1. The van der Waals surface area contributed by atoms with Crippen LogP contribution in [0.15, 0.2) is 29.2 Å². The van der Waals surface area contributed by atoms with E-state index in [4.69, 9.17) is 5.14 Å². The first-order chi connectivity index (χ1) is 9.47. The van der Waals surface area contributed by atoms with E-state index in [0.29, 0.717) is 12.1 Å². The summed E-state index contributed by atoms with van der Waals surface area (Å²) in [4.78, 5) is 11.9. The fourth-order valence-electron chi connectivity index (χ4n) is 2.59. The van der Waals surface area contributed by atoms with Crippen molar-refractivity contribution in [1.29, 1.82) is 0 Å². The number of benzene rings is 1. The van der Waals surface area contributed by atoms with Gasteiger partial charge in [0.25, 0.3) is 5.91 Å². The summed E-state index contributed by atoms with van der Waals surface area (Å²) < 4.78 is 22.2. The third kappa shape index (κ3) is 4.05. The molecule has 5 nitrogen and oxygen atoms in total. The van der Waals surface area contributed by atoms with Gasteiger partial charge >= 0.3 is 0 Å². The van der Waals surface area contributed by atoms with Crippen molar-refractivity contribution >= 4 is 15.9 Å². The quantitative estimate of drug-likeness (QED) is 0.865. The van der Waals surface area contributed by atoms with Crippen LogP contribution in [0.1, 0.15) is 42.5 Å². The minimum atomic E-state index is -3.71. The van der Waals surface area contributed by atoms with Crippen LogP contribution < -0.4 is 10.5 Å². The lowest BCUT2D eigenvalue weighted by Crippen LogP contribution is -2.25. The van der Waals surface area contributed by atoms with Gasteiger partial charge in [0.1, 0.15) is 0 Å². The Hall–Kier alpha value is -1.40. The fraction of sp³-hybridized carbons (Fsp3) is 0.500. The number of nitrogens with two attached hydrogens (primary N) is 1. The summed E-state index contributed by atoms with van der Waals surface area (Å²) in [5, 5.41) is 7.87. The first-order valence-electron chi connectivity index (χ1n) is 6.88. The smallest absolute Gasteiger partial charge is 0.251 e. The first-order valence-corrected chi connectivity index (χ1v) is 8.42. The van der Waals surface area contributed by atoms with E-state index >= 15 is 0 Å². The van der Waals surface area contributed by atoms with Gasteiger partial charge < -0.3 is 5.32 Å². The number of amides is 1. The van der Waals surface area contributed by atoms with Gasteiger partial charge in [-0.2, -0.15) is 0 Å². The van der Waals surface area contributed by atoms with Gasteiger partial charge in [-0.1, -0.05) is 25.7 Å². The number of hydrogen-bond donors (Lipinski definition) is 2. The standard InChI is InChI=1S/C14H20N2O3S/c15-20(18,19)13-7-5-12(6-8-13)14(17)16-10-9-11-3-1-2-4-11/h5-8,11H,1-4,9-10H2,(H,16,17)(H2,15,18,19). The highest BCUT2D eigenvalue weighted by atomic mass is 32.2. The van der Waals surface area contributed by atoms with Crippen molar-refractivity contribution in [2.24, 2.45) is 11.1 Å². The molecule has 110 valence electrons. The normalized spacial score (nSPS) is 16.2. The summed E-state index contributed by atoms with van der Waals surface area (Å²) in [5.41, 5.74) is 0.448. The zero-order valence-corrected chi connectivity index (χ0v) is 12.2. The average Bonchev–Trinajstić information content (AvgIpc) is 2.91. The van der Waals surface area contributed by atoms with Gasteiger partial charge in [-0.25, -0.2) is 13.6 Å². The van der Waals surface area contributed by atoms with E-state index in [1.165, 1.54) is 49.9 Å². The zero-order chi connectivity index (χ0) is 14.6. The molecule has 1 fully saturated rings. The summed E-state index contributed by atoms with van der Waals surface area (Å²) in [6.07, 6.45) is 6.14. The molecule has 0 unspecified atom stereocenters. The van der Waals surface area contributed by atoms with Gasteiger partial charge in [-0.05, 0) is 36.6 Å². The predicted molar refractivity (Wildman–Crippen MR) is 76.7 cm³/mol. The largest absolute Gasteiger partial charge is 0.352 e. The lowest BCUT2D eigenvalue weighted by atomic mass is 10.0. The predicted octanol–water partition coefficient (Wildman–Crippen LogP) is 1.64. The summed E-state index contributed by atoms with van der Waals surface area (Å²) in [7, 11) is -3.71. The molecule has 20 heavy (non-hydrogen) atoms. The summed E-state index contributed by atoms with van der Waals surface area (Å²) in [5.74, 6) is 0.559. The Bertz CT molecular complexity index is 561. The van der Waals surface area contributed by atoms with Crippen LogP contribution in [-0.2, 0) is 10.0 Å². The van der Waals surface area contributed by atoms with Crippen LogP contribution in [0.5, 0.6) is 0 Å². The van der Waals surface area contributed by atoms with E-state index in [-0.39, 0.29) is 10.8 Å².